The molecule has 0 radical (unpaired) electrons. The normalized spacial score (nSPS) is 15.4. The second kappa shape index (κ2) is 6.29. The Labute approximate surface area is 137 Å². The fraction of sp³-hybridized carbons (Fsp3) is 0.368. The summed E-state index contributed by atoms with van der Waals surface area (Å²) in [6.45, 7) is 5.80. The maximum absolute atomic E-state index is 12.6. The minimum Gasteiger partial charge on any atom is -0.346 e. The fourth-order valence-corrected chi connectivity index (χ4v) is 3.49. The molecule has 0 bridgehead atoms. The molecule has 1 fully saturated rings. The van der Waals surface area contributed by atoms with Crippen LogP contribution in [-0.4, -0.2) is 28.5 Å². The number of hydrogen-bond donors (Lipinski definition) is 0. The van der Waals surface area contributed by atoms with E-state index >= 15 is 0 Å². The summed E-state index contributed by atoms with van der Waals surface area (Å²) < 4.78 is 2.39. The van der Waals surface area contributed by atoms with Crippen LogP contribution in [0.1, 0.15) is 46.2 Å². The number of benzene rings is 1. The average molecular weight is 307 g/mol. The molecule has 1 aromatic heterocycles. The van der Waals surface area contributed by atoms with Crippen LogP contribution in [0.15, 0.2) is 36.4 Å². The lowest BCUT2D eigenvalue weighted by molar-refractivity contribution is 0.0693. The van der Waals surface area contributed by atoms with Gasteiger partial charge in [-0.1, -0.05) is 6.07 Å². The van der Waals surface area contributed by atoms with E-state index < -0.39 is 0 Å². The molecular formula is C19H21N3O. The lowest BCUT2D eigenvalue weighted by Crippen LogP contribution is -2.39. The van der Waals surface area contributed by atoms with Gasteiger partial charge in [-0.3, -0.25) is 4.79 Å². The van der Waals surface area contributed by atoms with E-state index in [-0.39, 0.29) is 5.91 Å². The maximum atomic E-state index is 12.6. The minimum absolute atomic E-state index is 0.0292. The topological polar surface area (TPSA) is 49.0 Å². The van der Waals surface area contributed by atoms with Crippen LogP contribution in [0.5, 0.6) is 0 Å². The van der Waals surface area contributed by atoms with Crippen molar-refractivity contribution in [3.05, 3.63) is 58.9 Å². The quantitative estimate of drug-likeness (QED) is 0.853. The summed E-state index contributed by atoms with van der Waals surface area (Å²) in [6, 6.07) is 13.8. The highest BCUT2D eigenvalue weighted by atomic mass is 16.2. The summed E-state index contributed by atoms with van der Waals surface area (Å²) in [6.07, 6.45) is 1.94. The number of aryl methyl sites for hydroxylation is 2. The number of aromatic nitrogens is 1. The highest BCUT2D eigenvalue weighted by Crippen LogP contribution is 2.27. The zero-order chi connectivity index (χ0) is 16.4. The smallest absolute Gasteiger partial charge is 0.253 e. The second-order valence-electron chi connectivity index (χ2n) is 6.20. The lowest BCUT2D eigenvalue weighted by Gasteiger charge is -2.34. The van der Waals surface area contributed by atoms with Gasteiger partial charge in [0.05, 0.1) is 11.6 Å². The molecule has 0 aliphatic carbocycles. The molecule has 1 aliphatic rings. The van der Waals surface area contributed by atoms with Crippen molar-refractivity contribution in [1.29, 1.82) is 5.26 Å². The number of carbonyl (C=O) groups excluding carboxylic acids is 1. The molecule has 0 N–H and O–H groups in total. The van der Waals surface area contributed by atoms with E-state index in [1.807, 2.05) is 4.90 Å². The monoisotopic (exact) mass is 307 g/mol. The highest BCUT2D eigenvalue weighted by Gasteiger charge is 2.25. The zero-order valence-electron chi connectivity index (χ0n) is 13.6. The third kappa shape index (κ3) is 3.00. The molecule has 0 spiro atoms. The van der Waals surface area contributed by atoms with Crippen molar-refractivity contribution in [3.63, 3.8) is 0 Å². The Balaban J connectivity index is 1.69. The van der Waals surface area contributed by atoms with Crippen LogP contribution in [0.2, 0.25) is 0 Å². The first kappa shape index (κ1) is 15.4. The molecule has 4 heteroatoms. The van der Waals surface area contributed by atoms with E-state index in [4.69, 9.17) is 5.26 Å². The number of piperidine rings is 1. The summed E-state index contributed by atoms with van der Waals surface area (Å²) in [7, 11) is 0. The van der Waals surface area contributed by atoms with Crippen molar-refractivity contribution in [2.75, 3.05) is 13.1 Å². The first-order valence-electron chi connectivity index (χ1n) is 8.04. The molecule has 1 aromatic carbocycles. The molecule has 1 amide bonds. The van der Waals surface area contributed by atoms with E-state index in [0.29, 0.717) is 17.2 Å². The Morgan fingerprint density at radius 3 is 2.39 bits per heavy atom. The van der Waals surface area contributed by atoms with Crippen molar-refractivity contribution in [1.82, 2.24) is 9.47 Å². The molecule has 0 unspecified atom stereocenters. The molecular weight excluding hydrogens is 286 g/mol. The third-order valence-corrected chi connectivity index (χ3v) is 4.68. The predicted molar refractivity (Wildman–Crippen MR) is 89.2 cm³/mol. The van der Waals surface area contributed by atoms with Crippen LogP contribution in [0.3, 0.4) is 0 Å². The van der Waals surface area contributed by atoms with E-state index in [1.54, 1.807) is 24.3 Å². The Morgan fingerprint density at radius 2 is 1.78 bits per heavy atom. The van der Waals surface area contributed by atoms with Crippen LogP contribution in [0.25, 0.3) is 0 Å². The predicted octanol–water partition coefficient (Wildman–Crippen LogP) is 3.45. The van der Waals surface area contributed by atoms with Gasteiger partial charge in [0, 0.05) is 36.1 Å². The average Bonchev–Trinajstić information content (AvgIpc) is 2.93. The fourth-order valence-electron chi connectivity index (χ4n) is 3.49. The molecule has 0 saturated carbocycles. The van der Waals surface area contributed by atoms with Crippen molar-refractivity contribution in [3.8, 4) is 6.07 Å². The molecule has 4 nitrogen and oxygen atoms in total. The van der Waals surface area contributed by atoms with Crippen molar-refractivity contribution in [2.24, 2.45) is 0 Å². The number of likely N-dealkylation sites (tertiary alicyclic amines) is 1. The zero-order valence-corrected chi connectivity index (χ0v) is 13.6. The summed E-state index contributed by atoms with van der Waals surface area (Å²) in [5.41, 5.74) is 3.71. The lowest BCUT2D eigenvalue weighted by atomic mass is 10.0. The minimum atomic E-state index is 0.0292. The van der Waals surface area contributed by atoms with Crippen LogP contribution in [0.4, 0.5) is 0 Å². The number of nitrogens with zero attached hydrogens (tertiary/aromatic N) is 3. The van der Waals surface area contributed by atoms with Gasteiger partial charge in [-0.15, -0.1) is 0 Å². The van der Waals surface area contributed by atoms with Crippen LogP contribution < -0.4 is 0 Å². The van der Waals surface area contributed by atoms with Gasteiger partial charge in [-0.2, -0.15) is 5.26 Å². The van der Waals surface area contributed by atoms with Crippen molar-refractivity contribution >= 4 is 5.91 Å². The van der Waals surface area contributed by atoms with Crippen LogP contribution in [-0.2, 0) is 0 Å². The standard InChI is InChI=1S/C19H21N3O/c1-14-6-7-15(2)22(14)18-8-10-21(11-9-18)19(23)17-5-3-4-16(12-17)13-20/h3-7,12,18H,8-11H2,1-2H3. The van der Waals surface area contributed by atoms with Crippen molar-refractivity contribution in [2.45, 2.75) is 32.7 Å². The first-order chi connectivity index (χ1) is 11.1. The van der Waals surface area contributed by atoms with Crippen LogP contribution >= 0.6 is 0 Å². The molecule has 1 saturated heterocycles. The summed E-state index contributed by atoms with van der Waals surface area (Å²) in [5, 5.41) is 8.97. The van der Waals surface area contributed by atoms with Gasteiger partial charge in [0.2, 0.25) is 0 Å². The molecule has 2 aromatic rings. The molecule has 118 valence electrons. The molecule has 23 heavy (non-hydrogen) atoms. The summed E-state index contributed by atoms with van der Waals surface area (Å²) in [5.74, 6) is 0.0292. The Morgan fingerprint density at radius 1 is 1.13 bits per heavy atom. The van der Waals surface area contributed by atoms with Crippen molar-refractivity contribution < 1.29 is 4.79 Å². The van der Waals surface area contributed by atoms with E-state index in [0.717, 1.165) is 25.9 Å². The van der Waals surface area contributed by atoms with E-state index in [1.165, 1.54) is 11.4 Å². The van der Waals surface area contributed by atoms with Gasteiger partial charge >= 0.3 is 0 Å². The van der Waals surface area contributed by atoms with E-state index in [9.17, 15) is 4.79 Å². The Bertz CT molecular complexity index is 742. The SMILES string of the molecule is Cc1ccc(C)n1C1CCN(C(=O)c2cccc(C#N)c2)CC1. The molecule has 2 heterocycles. The molecule has 3 rings (SSSR count). The van der Waals surface area contributed by atoms with Gasteiger partial charge in [0.25, 0.3) is 5.91 Å². The van der Waals surface area contributed by atoms with Gasteiger partial charge in [0.1, 0.15) is 0 Å². The number of nitriles is 1. The molecule has 0 atom stereocenters. The summed E-state index contributed by atoms with van der Waals surface area (Å²) in [4.78, 5) is 14.5. The number of carbonyl (C=O) groups is 1. The third-order valence-electron chi connectivity index (χ3n) is 4.68. The Kier molecular flexibility index (Phi) is 4.20. The second-order valence-corrected chi connectivity index (χ2v) is 6.20. The first-order valence-corrected chi connectivity index (χ1v) is 8.04. The number of rotatable bonds is 2. The van der Waals surface area contributed by atoms with Gasteiger partial charge in [-0.25, -0.2) is 0 Å². The summed E-state index contributed by atoms with van der Waals surface area (Å²) >= 11 is 0. The Hall–Kier alpha value is -2.54. The maximum Gasteiger partial charge on any atom is 0.253 e. The van der Waals surface area contributed by atoms with Gasteiger partial charge < -0.3 is 9.47 Å². The van der Waals surface area contributed by atoms with Gasteiger partial charge in [-0.05, 0) is 57.0 Å². The van der Waals surface area contributed by atoms with Crippen LogP contribution in [0, 0.1) is 25.2 Å². The van der Waals surface area contributed by atoms with E-state index in [2.05, 4.69) is 36.6 Å². The van der Waals surface area contributed by atoms with Gasteiger partial charge in [0.15, 0.2) is 0 Å². The number of hydrogen-bond acceptors (Lipinski definition) is 2. The number of amides is 1. The highest BCUT2D eigenvalue weighted by molar-refractivity contribution is 5.94. The molecule has 1 aliphatic heterocycles. The largest absolute Gasteiger partial charge is 0.346 e.